The van der Waals surface area contributed by atoms with E-state index >= 15 is 0 Å². The second-order valence-electron chi connectivity index (χ2n) is 4.03. The maximum Gasteiger partial charge on any atom is 0.465 e. The number of hydrogen-bond acceptors (Lipinski definition) is 5. The van der Waals surface area contributed by atoms with Crippen molar-refractivity contribution >= 4 is 11.9 Å². The van der Waals surface area contributed by atoms with Crippen molar-refractivity contribution in [2.45, 2.75) is 24.2 Å². The van der Waals surface area contributed by atoms with E-state index in [0.717, 1.165) is 0 Å². The summed E-state index contributed by atoms with van der Waals surface area (Å²) in [5, 5.41) is 0. The normalized spacial score (nSPS) is 13.5. The lowest BCUT2D eigenvalue weighted by molar-refractivity contribution is -0.280. The Labute approximate surface area is 131 Å². The Morgan fingerprint density at radius 1 is 0.560 bits per heavy atom. The molecule has 0 aliphatic carbocycles. The molecule has 25 heavy (non-hydrogen) atoms. The molecule has 0 N–H and O–H groups in total. The molecule has 0 aromatic heterocycles. The van der Waals surface area contributed by atoms with Crippen LogP contribution < -0.4 is 0 Å². The molecule has 0 saturated heterocycles. The molecule has 0 unspecified atom stereocenters. The highest BCUT2D eigenvalue weighted by molar-refractivity contribution is 5.79. The Balaban J connectivity index is 4.03. The Kier molecular flexibility index (Phi) is 7.47. The van der Waals surface area contributed by atoms with Gasteiger partial charge in [0.1, 0.15) is 13.2 Å². The number of rotatable bonds is 8. The Morgan fingerprint density at radius 2 is 0.840 bits per heavy atom. The third kappa shape index (κ3) is 6.21. The first-order valence-electron chi connectivity index (χ1n) is 5.86. The van der Waals surface area contributed by atoms with Crippen LogP contribution in [0.15, 0.2) is 0 Å². The van der Waals surface area contributed by atoms with E-state index in [2.05, 4.69) is 14.2 Å². The van der Waals surface area contributed by atoms with E-state index < -0.39 is 62.6 Å². The molecule has 0 atom stereocenters. The van der Waals surface area contributed by atoms with Crippen molar-refractivity contribution in [3.8, 4) is 0 Å². The van der Waals surface area contributed by atoms with Crippen LogP contribution in [0, 0.1) is 0 Å². The lowest BCUT2D eigenvalue weighted by atomic mass is 10.3. The lowest BCUT2D eigenvalue weighted by Crippen LogP contribution is -2.45. The molecule has 0 fully saturated rings. The Hall–Kier alpha value is -1.80. The molecule has 0 aliphatic heterocycles. The van der Waals surface area contributed by atoms with Crippen molar-refractivity contribution in [2.75, 3.05) is 26.4 Å². The average Bonchev–Trinajstić information content (AvgIpc) is 2.43. The SMILES string of the molecule is O=C(OCCOCCOC(=O)C(F)(F)C(F)(F)F)C(F)(F)C(F)(F)F. The zero-order valence-corrected chi connectivity index (χ0v) is 11.6. The summed E-state index contributed by atoms with van der Waals surface area (Å²) in [5.41, 5.74) is 0. The maximum absolute atomic E-state index is 12.4. The van der Waals surface area contributed by atoms with Crippen LogP contribution in [0.4, 0.5) is 43.9 Å². The second kappa shape index (κ2) is 8.05. The minimum Gasteiger partial charge on any atom is -0.459 e. The van der Waals surface area contributed by atoms with Crippen molar-refractivity contribution < 1.29 is 67.7 Å². The molecular weight excluding hydrogens is 390 g/mol. The molecule has 0 aliphatic rings. The fourth-order valence-corrected chi connectivity index (χ4v) is 0.901. The van der Waals surface area contributed by atoms with Crippen molar-refractivity contribution in [3.63, 3.8) is 0 Å². The first kappa shape index (κ1) is 23.2. The van der Waals surface area contributed by atoms with Gasteiger partial charge >= 0.3 is 36.1 Å². The van der Waals surface area contributed by atoms with Crippen LogP contribution in [-0.4, -0.2) is 62.6 Å². The zero-order chi connectivity index (χ0) is 20.1. The number of alkyl halides is 10. The van der Waals surface area contributed by atoms with Crippen molar-refractivity contribution in [1.29, 1.82) is 0 Å². The molecule has 0 heterocycles. The molecule has 0 radical (unpaired) electrons. The van der Waals surface area contributed by atoms with E-state index in [-0.39, 0.29) is 0 Å². The third-order valence-electron chi connectivity index (χ3n) is 2.15. The van der Waals surface area contributed by atoms with E-state index in [4.69, 9.17) is 0 Å². The molecule has 5 nitrogen and oxygen atoms in total. The van der Waals surface area contributed by atoms with Gasteiger partial charge in [-0.1, -0.05) is 0 Å². The first-order valence-corrected chi connectivity index (χ1v) is 5.86. The fraction of sp³-hybridized carbons (Fsp3) is 0.800. The quantitative estimate of drug-likeness (QED) is 0.357. The summed E-state index contributed by atoms with van der Waals surface area (Å²) in [4.78, 5) is 21.0. The standard InChI is InChI=1S/C10H8F10O5/c11-7(12,9(15,16)17)5(21)24-3-1-23-2-4-25-6(22)8(13,14)10(18,19)20/h1-4H2. The number of carbonyl (C=O) groups is 2. The van der Waals surface area contributed by atoms with Gasteiger partial charge in [0.05, 0.1) is 13.2 Å². The predicted octanol–water partition coefficient (Wildman–Crippen LogP) is 2.48. The highest BCUT2D eigenvalue weighted by Gasteiger charge is 2.65. The minimum atomic E-state index is -6.18. The van der Waals surface area contributed by atoms with E-state index in [9.17, 15) is 53.5 Å². The first-order chi connectivity index (χ1) is 11.0. The molecule has 0 amide bonds. The maximum atomic E-state index is 12.4. The summed E-state index contributed by atoms with van der Waals surface area (Å²) in [5.74, 6) is -17.4. The topological polar surface area (TPSA) is 61.8 Å². The molecule has 148 valence electrons. The molecule has 0 bridgehead atoms. The zero-order valence-electron chi connectivity index (χ0n) is 11.6. The molecule has 15 heteroatoms. The van der Waals surface area contributed by atoms with Crippen molar-refractivity contribution in [3.05, 3.63) is 0 Å². The van der Waals surface area contributed by atoms with E-state index in [1.165, 1.54) is 0 Å². The van der Waals surface area contributed by atoms with Crippen LogP contribution >= 0.6 is 0 Å². The second-order valence-corrected chi connectivity index (χ2v) is 4.03. The van der Waals surface area contributed by atoms with E-state index in [0.29, 0.717) is 0 Å². The third-order valence-corrected chi connectivity index (χ3v) is 2.15. The lowest BCUT2D eigenvalue weighted by Gasteiger charge is -2.18. The molecular formula is C10H8F10O5. The monoisotopic (exact) mass is 398 g/mol. The van der Waals surface area contributed by atoms with Gasteiger partial charge in [0.2, 0.25) is 0 Å². The van der Waals surface area contributed by atoms with E-state index in [1.54, 1.807) is 0 Å². The minimum absolute atomic E-state index is 0.826. The van der Waals surface area contributed by atoms with Gasteiger partial charge in [0.15, 0.2) is 0 Å². The number of ether oxygens (including phenoxy) is 3. The predicted molar refractivity (Wildman–Crippen MR) is 54.7 cm³/mol. The average molecular weight is 398 g/mol. The van der Waals surface area contributed by atoms with Gasteiger partial charge < -0.3 is 14.2 Å². The largest absolute Gasteiger partial charge is 0.465 e. The van der Waals surface area contributed by atoms with Gasteiger partial charge in [-0.15, -0.1) is 0 Å². The highest BCUT2D eigenvalue weighted by atomic mass is 19.4. The number of carbonyl (C=O) groups excluding carboxylic acids is 2. The number of halogens is 10. The fourth-order valence-electron chi connectivity index (χ4n) is 0.901. The Bertz CT molecular complexity index is 428. The summed E-state index contributed by atoms with van der Waals surface area (Å²) in [6.07, 6.45) is -12.4. The van der Waals surface area contributed by atoms with Crippen LogP contribution in [0.5, 0.6) is 0 Å². The number of esters is 2. The van der Waals surface area contributed by atoms with Gasteiger partial charge in [0.25, 0.3) is 0 Å². The molecule has 0 rings (SSSR count). The molecule has 0 saturated carbocycles. The molecule has 0 aromatic rings. The van der Waals surface area contributed by atoms with Gasteiger partial charge in [-0.3, -0.25) is 0 Å². The summed E-state index contributed by atoms with van der Waals surface area (Å²) < 4.78 is 131. The highest BCUT2D eigenvalue weighted by Crippen LogP contribution is 2.37. The van der Waals surface area contributed by atoms with Crippen molar-refractivity contribution in [1.82, 2.24) is 0 Å². The van der Waals surface area contributed by atoms with E-state index in [1.807, 2.05) is 0 Å². The molecule has 0 spiro atoms. The Morgan fingerprint density at radius 3 is 1.08 bits per heavy atom. The van der Waals surface area contributed by atoms with Crippen LogP contribution in [0.25, 0.3) is 0 Å². The van der Waals surface area contributed by atoms with Crippen LogP contribution in [0.2, 0.25) is 0 Å². The number of hydrogen-bond donors (Lipinski definition) is 0. The summed E-state index contributed by atoms with van der Waals surface area (Å²) in [6, 6.07) is 0. The summed E-state index contributed by atoms with van der Waals surface area (Å²) in [7, 11) is 0. The summed E-state index contributed by atoms with van der Waals surface area (Å²) >= 11 is 0. The van der Waals surface area contributed by atoms with Crippen LogP contribution in [-0.2, 0) is 23.8 Å². The molecule has 0 aromatic carbocycles. The van der Waals surface area contributed by atoms with Gasteiger partial charge in [-0.25, -0.2) is 9.59 Å². The van der Waals surface area contributed by atoms with Gasteiger partial charge in [0, 0.05) is 0 Å². The smallest absolute Gasteiger partial charge is 0.459 e. The summed E-state index contributed by atoms with van der Waals surface area (Å²) in [6.45, 7) is -3.88. The van der Waals surface area contributed by atoms with Crippen LogP contribution in [0.3, 0.4) is 0 Å². The van der Waals surface area contributed by atoms with Crippen molar-refractivity contribution in [2.24, 2.45) is 0 Å². The van der Waals surface area contributed by atoms with Gasteiger partial charge in [-0.2, -0.15) is 43.9 Å². The van der Waals surface area contributed by atoms with Crippen LogP contribution in [0.1, 0.15) is 0 Å². The van der Waals surface area contributed by atoms with Gasteiger partial charge in [-0.05, 0) is 0 Å².